The van der Waals surface area contributed by atoms with E-state index in [4.69, 9.17) is 10.8 Å². The first-order chi connectivity index (χ1) is 7.66. The molecule has 1 fully saturated rings. The third-order valence-corrected chi connectivity index (χ3v) is 3.57. The quantitative estimate of drug-likeness (QED) is 0.736. The lowest BCUT2D eigenvalue weighted by Gasteiger charge is -2.14. The standard InChI is InChI=1S/C10H13N3O2S/c11-6-3-8(10(14)15)9(12-4-6)13-7-1-2-16-5-7/h3-4,7H,1-2,5,11H2,(H,12,13)(H,14,15). The molecule has 0 radical (unpaired) electrons. The maximum Gasteiger partial charge on any atom is 0.339 e. The third kappa shape index (κ3) is 2.38. The van der Waals surface area contributed by atoms with E-state index in [9.17, 15) is 4.79 Å². The van der Waals surface area contributed by atoms with E-state index in [1.807, 2.05) is 11.8 Å². The topological polar surface area (TPSA) is 88.2 Å². The van der Waals surface area contributed by atoms with Crippen LogP contribution in [0, 0.1) is 0 Å². The number of aromatic nitrogens is 1. The Morgan fingerprint density at radius 3 is 3.12 bits per heavy atom. The second-order valence-electron chi connectivity index (χ2n) is 3.67. The van der Waals surface area contributed by atoms with Crippen LogP contribution in [-0.2, 0) is 0 Å². The van der Waals surface area contributed by atoms with Crippen LogP contribution in [0.3, 0.4) is 0 Å². The van der Waals surface area contributed by atoms with Gasteiger partial charge in [0.1, 0.15) is 11.4 Å². The van der Waals surface area contributed by atoms with Gasteiger partial charge in [-0.3, -0.25) is 0 Å². The molecule has 1 atom stereocenters. The first-order valence-corrected chi connectivity index (χ1v) is 6.15. The molecule has 0 bridgehead atoms. The average Bonchev–Trinajstić information content (AvgIpc) is 2.73. The normalized spacial score (nSPS) is 19.6. The summed E-state index contributed by atoms with van der Waals surface area (Å²) in [5, 5.41) is 12.2. The molecule has 2 heterocycles. The van der Waals surface area contributed by atoms with Gasteiger partial charge in [-0.1, -0.05) is 0 Å². The molecule has 1 saturated heterocycles. The monoisotopic (exact) mass is 239 g/mol. The number of nitrogen functional groups attached to an aromatic ring is 1. The largest absolute Gasteiger partial charge is 0.478 e. The molecule has 4 N–H and O–H groups in total. The van der Waals surface area contributed by atoms with Gasteiger partial charge < -0.3 is 16.2 Å². The highest BCUT2D eigenvalue weighted by molar-refractivity contribution is 7.99. The van der Waals surface area contributed by atoms with Gasteiger partial charge in [0.05, 0.1) is 11.9 Å². The number of anilines is 2. The van der Waals surface area contributed by atoms with Gasteiger partial charge in [-0.15, -0.1) is 0 Å². The van der Waals surface area contributed by atoms with Crippen molar-refractivity contribution in [2.45, 2.75) is 12.5 Å². The van der Waals surface area contributed by atoms with E-state index in [2.05, 4.69) is 10.3 Å². The van der Waals surface area contributed by atoms with Crippen LogP contribution in [-0.4, -0.2) is 33.6 Å². The van der Waals surface area contributed by atoms with Crippen LogP contribution in [0.25, 0.3) is 0 Å². The Labute approximate surface area is 97.4 Å². The Hall–Kier alpha value is -1.43. The molecule has 0 amide bonds. The van der Waals surface area contributed by atoms with Crippen molar-refractivity contribution >= 4 is 29.2 Å². The number of hydrogen-bond acceptors (Lipinski definition) is 5. The Kier molecular flexibility index (Phi) is 3.19. The zero-order chi connectivity index (χ0) is 11.5. The molecule has 86 valence electrons. The van der Waals surface area contributed by atoms with Crippen LogP contribution < -0.4 is 11.1 Å². The van der Waals surface area contributed by atoms with Gasteiger partial charge in [0.15, 0.2) is 0 Å². The maximum atomic E-state index is 11.0. The number of nitrogens with one attached hydrogen (secondary N) is 1. The predicted molar refractivity (Wildman–Crippen MR) is 65.0 cm³/mol. The van der Waals surface area contributed by atoms with Crippen LogP contribution in [0.5, 0.6) is 0 Å². The van der Waals surface area contributed by atoms with Crippen LogP contribution in [0.15, 0.2) is 12.3 Å². The summed E-state index contributed by atoms with van der Waals surface area (Å²) in [6.45, 7) is 0. The summed E-state index contributed by atoms with van der Waals surface area (Å²) in [6.07, 6.45) is 2.51. The number of thioether (sulfide) groups is 1. The van der Waals surface area contributed by atoms with Gasteiger partial charge in [0.25, 0.3) is 0 Å². The summed E-state index contributed by atoms with van der Waals surface area (Å²) < 4.78 is 0. The highest BCUT2D eigenvalue weighted by Gasteiger charge is 2.19. The van der Waals surface area contributed by atoms with E-state index in [1.165, 1.54) is 12.3 Å². The smallest absolute Gasteiger partial charge is 0.339 e. The average molecular weight is 239 g/mol. The molecule has 1 aromatic heterocycles. The lowest BCUT2D eigenvalue weighted by Crippen LogP contribution is -2.21. The zero-order valence-electron chi connectivity index (χ0n) is 8.64. The zero-order valence-corrected chi connectivity index (χ0v) is 9.46. The number of aromatic carboxylic acids is 1. The summed E-state index contributed by atoms with van der Waals surface area (Å²) in [7, 11) is 0. The molecule has 6 heteroatoms. The number of rotatable bonds is 3. The van der Waals surface area contributed by atoms with Gasteiger partial charge in [-0.2, -0.15) is 11.8 Å². The summed E-state index contributed by atoms with van der Waals surface area (Å²) in [4.78, 5) is 15.0. The van der Waals surface area contributed by atoms with Crippen molar-refractivity contribution < 1.29 is 9.90 Å². The van der Waals surface area contributed by atoms with E-state index < -0.39 is 5.97 Å². The number of carboxylic acid groups (broad SMARTS) is 1. The van der Waals surface area contributed by atoms with Crippen LogP contribution in [0.4, 0.5) is 11.5 Å². The lowest BCUT2D eigenvalue weighted by molar-refractivity contribution is 0.0697. The van der Waals surface area contributed by atoms with Crippen molar-refractivity contribution in [1.29, 1.82) is 0 Å². The van der Waals surface area contributed by atoms with Crippen LogP contribution in [0.2, 0.25) is 0 Å². The molecular weight excluding hydrogens is 226 g/mol. The molecule has 2 rings (SSSR count). The van der Waals surface area contributed by atoms with Crippen molar-refractivity contribution in [3.63, 3.8) is 0 Å². The van der Waals surface area contributed by atoms with Crippen LogP contribution in [0.1, 0.15) is 16.8 Å². The van der Waals surface area contributed by atoms with Gasteiger partial charge >= 0.3 is 5.97 Å². The van der Waals surface area contributed by atoms with Gasteiger partial charge in [-0.25, -0.2) is 9.78 Å². The molecule has 1 unspecified atom stereocenters. The van der Waals surface area contributed by atoms with E-state index in [-0.39, 0.29) is 5.56 Å². The summed E-state index contributed by atoms with van der Waals surface area (Å²) in [5.74, 6) is 1.50. The summed E-state index contributed by atoms with van der Waals surface area (Å²) in [5.41, 5.74) is 6.02. The maximum absolute atomic E-state index is 11.0. The van der Waals surface area contributed by atoms with Gasteiger partial charge in [0.2, 0.25) is 0 Å². The Bertz CT molecular complexity index is 405. The highest BCUT2D eigenvalue weighted by atomic mass is 32.2. The van der Waals surface area contributed by atoms with E-state index in [0.717, 1.165) is 17.9 Å². The third-order valence-electron chi connectivity index (χ3n) is 2.41. The summed E-state index contributed by atoms with van der Waals surface area (Å²) >= 11 is 1.86. The first-order valence-electron chi connectivity index (χ1n) is 5.00. The molecule has 1 aromatic rings. The van der Waals surface area contributed by atoms with Crippen molar-refractivity contribution in [2.24, 2.45) is 0 Å². The van der Waals surface area contributed by atoms with E-state index in [0.29, 0.717) is 17.5 Å². The van der Waals surface area contributed by atoms with Crippen molar-refractivity contribution in [2.75, 3.05) is 22.6 Å². The van der Waals surface area contributed by atoms with E-state index >= 15 is 0 Å². The molecule has 0 aromatic carbocycles. The number of nitrogens with two attached hydrogens (primary N) is 1. The first kappa shape index (κ1) is 11.1. The minimum atomic E-state index is -1.01. The predicted octanol–water partition coefficient (Wildman–Crippen LogP) is 1.28. The second kappa shape index (κ2) is 4.61. The SMILES string of the molecule is Nc1cnc(NC2CCSC2)c(C(=O)O)c1. The molecule has 0 aliphatic carbocycles. The van der Waals surface area contributed by atoms with Gasteiger partial charge in [-0.05, 0) is 18.2 Å². The van der Waals surface area contributed by atoms with Crippen molar-refractivity contribution in [3.05, 3.63) is 17.8 Å². The molecule has 1 aliphatic rings. The molecule has 0 saturated carbocycles. The fourth-order valence-electron chi connectivity index (χ4n) is 1.60. The van der Waals surface area contributed by atoms with Crippen LogP contribution >= 0.6 is 11.8 Å². The fourth-order valence-corrected chi connectivity index (χ4v) is 2.75. The molecule has 0 spiro atoms. The second-order valence-corrected chi connectivity index (χ2v) is 4.82. The molecular formula is C10H13N3O2S. The molecule has 5 nitrogen and oxygen atoms in total. The highest BCUT2D eigenvalue weighted by Crippen LogP contribution is 2.23. The molecule has 1 aliphatic heterocycles. The minimum absolute atomic E-state index is 0.136. The minimum Gasteiger partial charge on any atom is -0.478 e. The lowest BCUT2D eigenvalue weighted by atomic mass is 10.2. The number of pyridine rings is 1. The Morgan fingerprint density at radius 2 is 2.50 bits per heavy atom. The Balaban J connectivity index is 2.21. The molecule has 16 heavy (non-hydrogen) atoms. The number of carbonyl (C=O) groups is 1. The summed E-state index contributed by atoms with van der Waals surface area (Å²) in [6, 6.07) is 1.74. The van der Waals surface area contributed by atoms with Crippen molar-refractivity contribution in [3.8, 4) is 0 Å². The number of nitrogens with zero attached hydrogens (tertiary/aromatic N) is 1. The fraction of sp³-hybridized carbons (Fsp3) is 0.400. The number of hydrogen-bond donors (Lipinski definition) is 3. The number of carboxylic acids is 1. The Morgan fingerprint density at radius 1 is 1.69 bits per heavy atom. The van der Waals surface area contributed by atoms with Gasteiger partial charge in [0, 0.05) is 11.8 Å². The van der Waals surface area contributed by atoms with Crippen molar-refractivity contribution in [1.82, 2.24) is 4.98 Å². The van der Waals surface area contributed by atoms with E-state index in [1.54, 1.807) is 0 Å².